The van der Waals surface area contributed by atoms with Gasteiger partial charge in [0.2, 0.25) is 0 Å². The van der Waals surface area contributed by atoms with Crippen LogP contribution < -0.4 is 0 Å². The lowest BCUT2D eigenvalue weighted by atomic mass is 10.1. The highest BCUT2D eigenvalue weighted by Gasteiger charge is 2.21. The van der Waals surface area contributed by atoms with Gasteiger partial charge in [-0.15, -0.1) is 0 Å². The summed E-state index contributed by atoms with van der Waals surface area (Å²) in [5.74, 6) is 6.28. The fraction of sp³-hybridized carbons (Fsp3) is 0.120. The Labute approximate surface area is 182 Å². The Morgan fingerprint density at radius 2 is 1.65 bits per heavy atom. The summed E-state index contributed by atoms with van der Waals surface area (Å²) < 4.78 is 27.0. The van der Waals surface area contributed by atoms with E-state index in [1.54, 1.807) is 48.8 Å². The first-order valence-electron chi connectivity index (χ1n) is 9.98. The van der Waals surface area contributed by atoms with Crippen molar-refractivity contribution in [3.8, 4) is 23.1 Å². The number of benzene rings is 2. The van der Waals surface area contributed by atoms with Gasteiger partial charge in [0.1, 0.15) is 5.69 Å². The van der Waals surface area contributed by atoms with E-state index in [1.165, 1.54) is 11.8 Å². The molecule has 0 unspecified atom stereocenters. The Kier molecular flexibility index (Phi) is 6.25. The summed E-state index contributed by atoms with van der Waals surface area (Å²) in [6.45, 7) is 0. The van der Waals surface area contributed by atoms with Gasteiger partial charge in [0, 0.05) is 24.4 Å². The van der Waals surface area contributed by atoms with Crippen LogP contribution in [0.4, 0.5) is 0 Å². The first kappa shape index (κ1) is 20.6. The molecule has 6 heteroatoms. The van der Waals surface area contributed by atoms with Crippen molar-refractivity contribution in [2.24, 2.45) is 0 Å². The van der Waals surface area contributed by atoms with Crippen molar-refractivity contribution in [1.82, 2.24) is 14.2 Å². The highest BCUT2D eigenvalue weighted by Crippen LogP contribution is 2.23. The lowest BCUT2D eigenvalue weighted by molar-refractivity contribution is 0.580. The Morgan fingerprint density at radius 3 is 2.35 bits per heavy atom. The molecule has 4 rings (SSSR count). The Hall–Kier alpha value is -3.69. The molecule has 0 N–H and O–H groups in total. The zero-order valence-electron chi connectivity index (χ0n) is 16.8. The van der Waals surface area contributed by atoms with Crippen molar-refractivity contribution < 1.29 is 8.42 Å². The molecule has 0 atom stereocenters. The van der Waals surface area contributed by atoms with Gasteiger partial charge in [-0.05, 0) is 42.7 Å². The van der Waals surface area contributed by atoms with Gasteiger partial charge in [0.15, 0.2) is 0 Å². The highest BCUT2D eigenvalue weighted by atomic mass is 32.2. The molecule has 0 saturated carbocycles. The van der Waals surface area contributed by atoms with Crippen LogP contribution in [-0.4, -0.2) is 22.6 Å². The third-order valence-corrected chi connectivity index (χ3v) is 6.30. The largest absolute Gasteiger partial charge is 0.282 e. The second kappa shape index (κ2) is 9.41. The van der Waals surface area contributed by atoms with Gasteiger partial charge in [0.25, 0.3) is 10.0 Å². The first-order valence-corrected chi connectivity index (χ1v) is 11.4. The maximum atomic E-state index is 13.0. The maximum absolute atomic E-state index is 13.0. The number of hydrogen-bond donors (Lipinski definition) is 0. The summed E-state index contributed by atoms with van der Waals surface area (Å²) >= 11 is 0. The van der Waals surface area contributed by atoms with Crippen LogP contribution in [0.1, 0.15) is 24.0 Å². The summed E-state index contributed by atoms with van der Waals surface area (Å²) in [6, 6.07) is 22.2. The molecule has 5 nitrogen and oxygen atoms in total. The fourth-order valence-corrected chi connectivity index (χ4v) is 4.32. The zero-order chi connectivity index (χ0) is 21.5. The first-order chi connectivity index (χ1) is 15.1. The molecule has 2 aromatic heterocycles. The van der Waals surface area contributed by atoms with Crippen molar-refractivity contribution in [3.63, 3.8) is 0 Å². The van der Waals surface area contributed by atoms with E-state index >= 15 is 0 Å². The van der Waals surface area contributed by atoms with Gasteiger partial charge in [-0.1, -0.05) is 60.4 Å². The molecule has 31 heavy (non-hydrogen) atoms. The number of nitrogens with zero attached hydrogens (tertiary/aromatic N) is 3. The lowest BCUT2D eigenvalue weighted by Gasteiger charge is -2.03. The monoisotopic (exact) mass is 427 g/mol. The summed E-state index contributed by atoms with van der Waals surface area (Å²) in [4.78, 5) is 4.31. The van der Waals surface area contributed by atoms with Gasteiger partial charge < -0.3 is 0 Å². The van der Waals surface area contributed by atoms with Gasteiger partial charge in [-0.3, -0.25) is 4.98 Å². The minimum atomic E-state index is -3.80. The van der Waals surface area contributed by atoms with E-state index in [-0.39, 0.29) is 4.90 Å². The summed E-state index contributed by atoms with van der Waals surface area (Å²) in [5, 5.41) is 4.36. The second-order valence-electron chi connectivity index (χ2n) is 6.96. The van der Waals surface area contributed by atoms with E-state index in [0.717, 1.165) is 22.5 Å². The van der Waals surface area contributed by atoms with Crippen LogP contribution in [-0.2, 0) is 16.4 Å². The number of hydrogen-bond acceptors (Lipinski definition) is 4. The number of unbranched alkanes of at least 4 members (excludes halogenated alkanes) is 1. The molecular weight excluding hydrogens is 406 g/mol. The molecule has 0 spiro atoms. The third kappa shape index (κ3) is 4.90. The normalized spacial score (nSPS) is 11.0. The van der Waals surface area contributed by atoms with Crippen molar-refractivity contribution in [2.75, 3.05) is 0 Å². The van der Waals surface area contributed by atoms with Crippen LogP contribution in [0.3, 0.4) is 0 Å². The van der Waals surface area contributed by atoms with E-state index in [2.05, 4.69) is 34.1 Å². The number of aromatic nitrogens is 3. The molecule has 4 aromatic rings. The van der Waals surface area contributed by atoms with Crippen LogP contribution in [0.25, 0.3) is 11.3 Å². The summed E-state index contributed by atoms with van der Waals surface area (Å²) in [5.41, 5.74) is 3.07. The van der Waals surface area contributed by atoms with Crippen LogP contribution in [0.5, 0.6) is 0 Å². The minimum absolute atomic E-state index is 0.178. The van der Waals surface area contributed by atoms with Gasteiger partial charge >= 0.3 is 0 Å². The SMILES string of the molecule is O=S(=O)(c1ccccc1)n1cc(C#CCCCc2ccccc2)c(-c2cccnc2)n1. The third-order valence-electron chi connectivity index (χ3n) is 4.75. The average Bonchev–Trinajstić information content (AvgIpc) is 3.26. The molecule has 0 bridgehead atoms. The highest BCUT2D eigenvalue weighted by molar-refractivity contribution is 7.89. The smallest absolute Gasteiger partial charge is 0.264 e. The van der Waals surface area contributed by atoms with E-state index in [0.29, 0.717) is 17.7 Å². The predicted octanol–water partition coefficient (Wildman–Crippen LogP) is 4.56. The molecule has 2 heterocycles. The van der Waals surface area contributed by atoms with Crippen molar-refractivity contribution in [1.29, 1.82) is 0 Å². The van der Waals surface area contributed by atoms with E-state index < -0.39 is 10.0 Å². The quantitative estimate of drug-likeness (QED) is 0.334. The molecule has 0 aliphatic carbocycles. The Morgan fingerprint density at radius 1 is 0.903 bits per heavy atom. The Bertz CT molecular complexity index is 1300. The van der Waals surface area contributed by atoms with Crippen LogP contribution in [0.2, 0.25) is 0 Å². The second-order valence-corrected chi connectivity index (χ2v) is 8.76. The molecule has 2 aromatic carbocycles. The standard InChI is InChI=1S/C25H21N3O2S/c29-31(30,24-16-8-3-9-17-24)28-20-23(25(27-28)22-15-10-18-26-19-22)14-7-2-6-13-21-11-4-1-5-12-21/h1,3-5,8-12,15-20H,2,6,13H2. The lowest BCUT2D eigenvalue weighted by Crippen LogP contribution is -2.13. The fourth-order valence-electron chi connectivity index (χ4n) is 3.17. The van der Waals surface area contributed by atoms with Crippen LogP contribution in [0.15, 0.2) is 96.3 Å². The molecule has 0 radical (unpaired) electrons. The summed E-state index contributed by atoms with van der Waals surface area (Å²) in [6.07, 6.45) is 7.38. The van der Waals surface area contributed by atoms with Crippen molar-refractivity contribution >= 4 is 10.0 Å². The van der Waals surface area contributed by atoms with Gasteiger partial charge in [-0.25, -0.2) is 0 Å². The molecule has 0 amide bonds. The van der Waals surface area contributed by atoms with E-state index in [1.807, 2.05) is 24.3 Å². The number of rotatable bonds is 6. The predicted molar refractivity (Wildman–Crippen MR) is 121 cm³/mol. The average molecular weight is 428 g/mol. The maximum Gasteiger partial charge on any atom is 0.282 e. The Balaban J connectivity index is 1.61. The van der Waals surface area contributed by atoms with Crippen LogP contribution >= 0.6 is 0 Å². The molecule has 0 fully saturated rings. The van der Waals surface area contributed by atoms with Crippen molar-refractivity contribution in [2.45, 2.75) is 24.2 Å². The summed E-state index contributed by atoms with van der Waals surface area (Å²) in [7, 11) is -3.80. The number of pyridine rings is 1. The topological polar surface area (TPSA) is 64.8 Å². The van der Waals surface area contributed by atoms with Crippen LogP contribution in [0, 0.1) is 11.8 Å². The minimum Gasteiger partial charge on any atom is -0.264 e. The van der Waals surface area contributed by atoms with E-state index in [4.69, 9.17) is 0 Å². The van der Waals surface area contributed by atoms with E-state index in [9.17, 15) is 8.42 Å². The molecule has 0 saturated heterocycles. The molecular formula is C25H21N3O2S. The molecule has 154 valence electrons. The van der Waals surface area contributed by atoms with Crippen molar-refractivity contribution in [3.05, 3.63) is 103 Å². The zero-order valence-corrected chi connectivity index (χ0v) is 17.7. The van der Waals surface area contributed by atoms with Gasteiger partial charge in [-0.2, -0.15) is 17.6 Å². The van der Waals surface area contributed by atoms with Gasteiger partial charge in [0.05, 0.1) is 16.7 Å². The number of aryl methyl sites for hydroxylation is 1. The molecule has 0 aliphatic rings. The molecule has 0 aliphatic heterocycles.